The number of anilines is 1. The van der Waals surface area contributed by atoms with Crippen LogP contribution in [0.3, 0.4) is 0 Å². The number of benzene rings is 3. The number of para-hydroxylation sites is 1. The number of nitrogens with one attached hydrogen (secondary N) is 1. The average molecular weight is 800 g/mol. The maximum Gasteiger partial charge on any atom is 0.253 e. The molecule has 2 aliphatic rings. The molecule has 0 radical (unpaired) electrons. The molecule has 5 rings (SSSR count). The molecule has 0 unspecified atom stereocenters. The van der Waals surface area contributed by atoms with Crippen LogP contribution in [0.2, 0.25) is 0 Å². The summed E-state index contributed by atoms with van der Waals surface area (Å²) in [6.45, 7) is 13.5. The monoisotopic (exact) mass is 800 g/mol. The molecule has 0 bridgehead atoms. The van der Waals surface area contributed by atoms with E-state index in [0.717, 1.165) is 35.2 Å². The molecule has 11 heteroatoms. The van der Waals surface area contributed by atoms with Crippen LogP contribution in [-0.4, -0.2) is 123 Å². The Morgan fingerprint density at radius 2 is 1.69 bits per heavy atom. The molecule has 1 saturated carbocycles. The number of carbonyl (C=O) groups excluding carboxylic acids is 2. The second-order valence-corrected chi connectivity index (χ2v) is 18.1. The molecule has 2 amide bonds. The van der Waals surface area contributed by atoms with Crippen molar-refractivity contribution in [2.45, 2.75) is 91.3 Å². The van der Waals surface area contributed by atoms with E-state index in [9.17, 15) is 19.8 Å². The third-order valence-electron chi connectivity index (χ3n) is 13.6. The highest BCUT2D eigenvalue weighted by atomic mass is 16.7. The molecule has 3 aromatic rings. The molecule has 3 N–H and O–H groups in total. The van der Waals surface area contributed by atoms with Gasteiger partial charge in [-0.05, 0) is 86.4 Å². The standard InChI is InChI=1S/C47H69N5O6/c1-29-21-40(30(2)31(3)47(29,5)6)48-45(55)43-42(32(4)54)41(28-53)58-52(43)26-34-19-16-20-39(44(34)57-12)35-23-36(25-37(24-35)50(9)10)46(56)51(11)38(27-49(7)8)22-33-17-14-13-15-18-33/h13-20,23-25,29-32,38,40-43,53-54H,21-22,26-28H2,1-12H3,(H,48,55)/t29-,30+,31+,32+,38+,40+,41+,42-,43+/m1/s1. The number of hydrogen-bond donors (Lipinski definition) is 3. The number of aliphatic hydroxyl groups is 2. The van der Waals surface area contributed by atoms with Gasteiger partial charge in [0.05, 0.1) is 26.4 Å². The predicted octanol–water partition coefficient (Wildman–Crippen LogP) is 5.97. The fourth-order valence-electron chi connectivity index (χ4n) is 9.20. The summed E-state index contributed by atoms with van der Waals surface area (Å²) in [4.78, 5) is 41.1. The van der Waals surface area contributed by atoms with E-state index in [2.05, 4.69) is 57.0 Å². The lowest BCUT2D eigenvalue weighted by atomic mass is 9.58. The summed E-state index contributed by atoms with van der Waals surface area (Å²) in [6, 6.07) is 21.0. The minimum Gasteiger partial charge on any atom is -0.496 e. The SMILES string of the molecule is COc1c(CN2O[C@@H](CO)[C@@H]([C@H](C)O)[C@H]2C(=O)N[C@H]2C[C@@H](C)C(C)(C)[C@@H](C)[C@@H]2C)cccc1-c1cc(C(=O)N(C)[C@@H](Cc2ccccc2)CN(C)C)cc(N(C)C)c1. The largest absolute Gasteiger partial charge is 0.496 e. The second-order valence-electron chi connectivity index (χ2n) is 18.1. The van der Waals surface area contributed by atoms with Crippen molar-refractivity contribution < 1.29 is 29.4 Å². The van der Waals surface area contributed by atoms with Crippen molar-refractivity contribution in [3.05, 3.63) is 83.4 Å². The van der Waals surface area contributed by atoms with Gasteiger partial charge in [-0.1, -0.05) is 83.1 Å². The molecule has 11 nitrogen and oxygen atoms in total. The molecular formula is C47H69N5O6. The Morgan fingerprint density at radius 3 is 2.29 bits per heavy atom. The van der Waals surface area contributed by atoms with E-state index < -0.39 is 24.2 Å². The summed E-state index contributed by atoms with van der Waals surface area (Å²) in [5, 5.41) is 26.4. The lowest BCUT2D eigenvalue weighted by molar-refractivity contribution is -0.182. The molecule has 1 heterocycles. The van der Waals surface area contributed by atoms with Gasteiger partial charge < -0.3 is 35.0 Å². The molecule has 1 aliphatic carbocycles. The van der Waals surface area contributed by atoms with Gasteiger partial charge in [0.25, 0.3) is 5.91 Å². The van der Waals surface area contributed by atoms with E-state index in [1.54, 1.807) is 19.1 Å². The Bertz CT molecular complexity index is 1850. The number of aliphatic hydroxyl groups excluding tert-OH is 2. The van der Waals surface area contributed by atoms with E-state index in [1.807, 2.05) is 99.6 Å². The van der Waals surface area contributed by atoms with Crippen LogP contribution in [0.25, 0.3) is 11.1 Å². The van der Waals surface area contributed by atoms with Gasteiger partial charge in [-0.15, -0.1) is 0 Å². The van der Waals surface area contributed by atoms with E-state index in [-0.39, 0.29) is 48.4 Å². The maximum atomic E-state index is 14.4. The third kappa shape index (κ3) is 9.71. The van der Waals surface area contributed by atoms with Crippen molar-refractivity contribution in [3.8, 4) is 16.9 Å². The van der Waals surface area contributed by atoms with Crippen LogP contribution in [-0.2, 0) is 22.6 Å². The summed E-state index contributed by atoms with van der Waals surface area (Å²) >= 11 is 0. The highest BCUT2D eigenvalue weighted by Gasteiger charge is 2.51. The van der Waals surface area contributed by atoms with Crippen molar-refractivity contribution in [3.63, 3.8) is 0 Å². The van der Waals surface area contributed by atoms with Gasteiger partial charge in [0.15, 0.2) is 0 Å². The number of hydroxylamine groups is 2. The van der Waals surface area contributed by atoms with E-state index in [4.69, 9.17) is 9.57 Å². The first-order valence-corrected chi connectivity index (χ1v) is 20.9. The van der Waals surface area contributed by atoms with Gasteiger partial charge in [-0.2, -0.15) is 5.06 Å². The van der Waals surface area contributed by atoms with Crippen molar-refractivity contribution in [2.24, 2.45) is 29.1 Å². The van der Waals surface area contributed by atoms with Crippen LogP contribution in [0, 0.1) is 29.1 Å². The van der Waals surface area contributed by atoms with Crippen molar-refractivity contribution >= 4 is 17.5 Å². The molecule has 318 valence electrons. The number of amides is 2. The Balaban J connectivity index is 1.48. The van der Waals surface area contributed by atoms with E-state index >= 15 is 0 Å². The van der Waals surface area contributed by atoms with Crippen LogP contribution in [0.4, 0.5) is 5.69 Å². The summed E-state index contributed by atoms with van der Waals surface area (Å²) < 4.78 is 6.14. The van der Waals surface area contributed by atoms with Gasteiger partial charge in [0, 0.05) is 68.1 Å². The van der Waals surface area contributed by atoms with Crippen molar-refractivity contribution in [2.75, 3.05) is 60.4 Å². The summed E-state index contributed by atoms with van der Waals surface area (Å²) in [6.07, 6.45) is -0.116. The van der Waals surface area contributed by atoms with Crippen LogP contribution >= 0.6 is 0 Å². The Hall–Kier alpha value is -4.00. The number of carbonyl (C=O) groups is 2. The lowest BCUT2D eigenvalue weighted by Gasteiger charge is -2.50. The number of rotatable bonds is 15. The quantitative estimate of drug-likeness (QED) is 0.171. The summed E-state index contributed by atoms with van der Waals surface area (Å²) in [7, 11) is 11.5. The topological polar surface area (TPSA) is 118 Å². The van der Waals surface area contributed by atoms with Gasteiger partial charge in [-0.3, -0.25) is 14.4 Å². The fraction of sp³-hybridized carbons (Fsp3) is 0.574. The molecule has 9 atom stereocenters. The molecule has 1 saturated heterocycles. The van der Waals surface area contributed by atoms with Gasteiger partial charge >= 0.3 is 0 Å². The smallest absolute Gasteiger partial charge is 0.253 e. The Morgan fingerprint density at radius 1 is 1.00 bits per heavy atom. The molecule has 58 heavy (non-hydrogen) atoms. The highest BCUT2D eigenvalue weighted by molar-refractivity contribution is 5.97. The number of hydrogen-bond acceptors (Lipinski definition) is 9. The molecule has 2 fully saturated rings. The van der Waals surface area contributed by atoms with Crippen molar-refractivity contribution in [1.82, 2.24) is 20.2 Å². The fourth-order valence-corrected chi connectivity index (χ4v) is 9.20. The summed E-state index contributed by atoms with van der Waals surface area (Å²) in [5.74, 6) is 0.649. The number of ether oxygens (including phenoxy) is 1. The lowest BCUT2D eigenvalue weighted by Crippen LogP contribution is -2.56. The predicted molar refractivity (Wildman–Crippen MR) is 232 cm³/mol. The zero-order valence-corrected chi connectivity index (χ0v) is 36.9. The first kappa shape index (κ1) is 45.1. The Kier molecular flexibility index (Phi) is 14.7. The first-order valence-electron chi connectivity index (χ1n) is 20.9. The molecular weight excluding hydrogens is 731 g/mol. The van der Waals surface area contributed by atoms with Gasteiger partial charge in [0.1, 0.15) is 17.9 Å². The molecule has 1 aliphatic heterocycles. The van der Waals surface area contributed by atoms with E-state index in [1.165, 1.54) is 5.56 Å². The maximum absolute atomic E-state index is 14.4. The van der Waals surface area contributed by atoms with Crippen LogP contribution < -0.4 is 15.0 Å². The molecule has 3 aromatic carbocycles. The summed E-state index contributed by atoms with van der Waals surface area (Å²) in [5.41, 5.74) is 5.07. The average Bonchev–Trinajstić information content (AvgIpc) is 3.57. The van der Waals surface area contributed by atoms with Crippen molar-refractivity contribution in [1.29, 1.82) is 0 Å². The minimum absolute atomic E-state index is 0.0375. The van der Waals surface area contributed by atoms with Crippen LogP contribution in [0.1, 0.15) is 69.4 Å². The molecule has 0 spiro atoms. The highest BCUT2D eigenvalue weighted by Crippen LogP contribution is 2.48. The number of likely N-dealkylation sites (N-methyl/N-ethyl adjacent to an activating group) is 2. The van der Waals surface area contributed by atoms with Crippen LogP contribution in [0.15, 0.2) is 66.7 Å². The second kappa shape index (κ2) is 18.9. The third-order valence-corrected chi connectivity index (χ3v) is 13.6. The van der Waals surface area contributed by atoms with Gasteiger partial charge in [-0.25, -0.2) is 0 Å². The molecule has 0 aromatic heterocycles. The zero-order valence-electron chi connectivity index (χ0n) is 36.9. The van der Waals surface area contributed by atoms with Gasteiger partial charge in [0.2, 0.25) is 5.91 Å². The first-order chi connectivity index (χ1) is 27.4. The Labute approximate surface area is 347 Å². The number of methoxy groups -OCH3 is 1. The normalized spacial score (nSPS) is 25.6. The zero-order chi connectivity index (χ0) is 42.6. The number of nitrogens with zero attached hydrogens (tertiary/aromatic N) is 4. The van der Waals surface area contributed by atoms with Crippen LogP contribution in [0.5, 0.6) is 5.75 Å². The minimum atomic E-state index is -0.917. The van der Waals surface area contributed by atoms with E-state index in [0.29, 0.717) is 29.7 Å².